The zero-order valence-corrected chi connectivity index (χ0v) is 25.8. The molecule has 0 aromatic heterocycles. The van der Waals surface area contributed by atoms with E-state index < -0.39 is 16.1 Å². The van der Waals surface area contributed by atoms with Crippen LogP contribution >= 0.6 is 0 Å². The van der Waals surface area contributed by atoms with Gasteiger partial charge in [0.15, 0.2) is 0 Å². The molecule has 2 unspecified atom stereocenters. The predicted molar refractivity (Wildman–Crippen MR) is 171 cm³/mol. The first-order chi connectivity index (χ1) is 20.7. The Bertz CT molecular complexity index is 1720. The Hall–Kier alpha value is -4.17. The molecular weight excluding hydrogens is 558 g/mol. The highest BCUT2D eigenvalue weighted by molar-refractivity contribution is 7.93. The molecule has 0 spiro atoms. The van der Waals surface area contributed by atoms with Crippen LogP contribution in [-0.4, -0.2) is 43.8 Å². The van der Waals surface area contributed by atoms with Crippen molar-refractivity contribution in [3.05, 3.63) is 108 Å². The Morgan fingerprint density at radius 2 is 1.60 bits per heavy atom. The van der Waals surface area contributed by atoms with Crippen LogP contribution in [0, 0.1) is 6.92 Å². The topological polar surface area (TPSA) is 86.8 Å². The first kappa shape index (κ1) is 30.3. The van der Waals surface area contributed by atoms with E-state index in [0.29, 0.717) is 23.4 Å². The third kappa shape index (κ3) is 6.44. The Balaban J connectivity index is 1.41. The van der Waals surface area contributed by atoms with Crippen molar-refractivity contribution in [2.75, 3.05) is 10.8 Å². The van der Waals surface area contributed by atoms with Crippen LogP contribution in [0.4, 0.5) is 5.69 Å². The van der Waals surface area contributed by atoms with E-state index in [4.69, 9.17) is 0 Å². The molecule has 1 heterocycles. The lowest BCUT2D eigenvalue weighted by Gasteiger charge is -2.33. The van der Waals surface area contributed by atoms with Crippen molar-refractivity contribution >= 4 is 38.3 Å². The van der Waals surface area contributed by atoms with Crippen LogP contribution in [-0.2, 0) is 32.6 Å². The molecule has 1 N–H and O–H groups in total. The van der Waals surface area contributed by atoms with Gasteiger partial charge in [-0.25, -0.2) is 8.42 Å². The number of nitrogens with zero attached hydrogens (tertiary/aromatic N) is 2. The lowest BCUT2D eigenvalue weighted by Crippen LogP contribution is -2.52. The van der Waals surface area contributed by atoms with Gasteiger partial charge < -0.3 is 10.2 Å². The number of anilines is 1. The van der Waals surface area contributed by atoms with E-state index in [1.807, 2.05) is 99.6 Å². The van der Waals surface area contributed by atoms with Crippen molar-refractivity contribution in [1.82, 2.24) is 10.2 Å². The standard InChI is InChI=1S/C35H39N3O4S/c1-4-26(3)36-35(40)31(23-27-14-6-5-7-15-27)37(24-29-16-9-8-13-25(29)2)33(39)21-12-22-38-30-19-10-17-28-18-11-20-32(34(28)30)43(38,41)42/h5-11,13-20,26,31H,4,12,21-24H2,1-3H3,(H,36,40). The Morgan fingerprint density at radius 3 is 2.33 bits per heavy atom. The number of amides is 2. The number of carbonyl (C=O) groups excluding carboxylic acids is 2. The van der Waals surface area contributed by atoms with Crippen molar-refractivity contribution < 1.29 is 18.0 Å². The zero-order chi connectivity index (χ0) is 30.6. The van der Waals surface area contributed by atoms with Crippen LogP contribution in [0.1, 0.15) is 49.8 Å². The third-order valence-corrected chi connectivity index (χ3v) is 10.2. The quantitative estimate of drug-likeness (QED) is 0.217. The smallest absolute Gasteiger partial charge is 0.265 e. The highest BCUT2D eigenvalue weighted by Gasteiger charge is 2.36. The number of carbonyl (C=O) groups is 2. The maximum Gasteiger partial charge on any atom is 0.265 e. The highest BCUT2D eigenvalue weighted by atomic mass is 32.2. The molecule has 4 aromatic rings. The molecule has 1 aliphatic rings. The van der Waals surface area contributed by atoms with E-state index in [1.54, 1.807) is 17.0 Å². The summed E-state index contributed by atoms with van der Waals surface area (Å²) in [6, 6.07) is 27.7. The number of rotatable bonds is 12. The van der Waals surface area contributed by atoms with Crippen LogP contribution in [0.3, 0.4) is 0 Å². The molecule has 7 nitrogen and oxygen atoms in total. The minimum Gasteiger partial charge on any atom is -0.352 e. The van der Waals surface area contributed by atoms with Crippen LogP contribution in [0.5, 0.6) is 0 Å². The predicted octanol–water partition coefficient (Wildman–Crippen LogP) is 5.99. The summed E-state index contributed by atoms with van der Waals surface area (Å²) >= 11 is 0. The summed E-state index contributed by atoms with van der Waals surface area (Å²) in [5, 5.41) is 4.70. The Morgan fingerprint density at radius 1 is 0.907 bits per heavy atom. The van der Waals surface area contributed by atoms with Gasteiger partial charge in [-0.1, -0.05) is 85.8 Å². The number of benzene rings is 4. The van der Waals surface area contributed by atoms with Crippen LogP contribution in [0.25, 0.3) is 10.8 Å². The molecule has 2 amide bonds. The van der Waals surface area contributed by atoms with Crippen molar-refractivity contribution in [2.24, 2.45) is 0 Å². The van der Waals surface area contributed by atoms with Gasteiger partial charge in [0.05, 0.1) is 10.6 Å². The minimum absolute atomic E-state index is 0.0362. The number of sulfonamides is 1. The molecule has 43 heavy (non-hydrogen) atoms. The second-order valence-electron chi connectivity index (χ2n) is 11.3. The Kier molecular flexibility index (Phi) is 9.16. The first-order valence-electron chi connectivity index (χ1n) is 14.9. The summed E-state index contributed by atoms with van der Waals surface area (Å²) in [7, 11) is -3.71. The molecular formula is C35H39N3O4S. The summed E-state index contributed by atoms with van der Waals surface area (Å²) in [5.74, 6) is -0.375. The van der Waals surface area contributed by atoms with Crippen LogP contribution in [0.2, 0.25) is 0 Å². The number of aryl methyl sites for hydroxylation is 1. The van der Waals surface area contributed by atoms with Crippen molar-refractivity contribution in [3.63, 3.8) is 0 Å². The monoisotopic (exact) mass is 597 g/mol. The van der Waals surface area contributed by atoms with E-state index >= 15 is 0 Å². The largest absolute Gasteiger partial charge is 0.352 e. The normalized spacial score (nSPS) is 14.8. The second-order valence-corrected chi connectivity index (χ2v) is 13.1. The van der Waals surface area contributed by atoms with E-state index in [-0.39, 0.29) is 37.4 Å². The summed E-state index contributed by atoms with van der Waals surface area (Å²) in [6.07, 6.45) is 1.57. The number of nitrogens with one attached hydrogen (secondary N) is 1. The van der Waals surface area contributed by atoms with Gasteiger partial charge in [-0.15, -0.1) is 0 Å². The number of hydrogen-bond acceptors (Lipinski definition) is 4. The third-order valence-electron chi connectivity index (χ3n) is 8.31. The van der Waals surface area contributed by atoms with Crippen LogP contribution < -0.4 is 9.62 Å². The molecule has 2 atom stereocenters. The average Bonchev–Trinajstić information content (AvgIpc) is 3.23. The van der Waals surface area contributed by atoms with E-state index in [2.05, 4.69) is 5.32 Å². The molecule has 8 heteroatoms. The Labute approximate surface area is 254 Å². The molecule has 5 rings (SSSR count). The molecule has 0 saturated carbocycles. The fraction of sp³-hybridized carbons (Fsp3) is 0.314. The van der Waals surface area contributed by atoms with Gasteiger partial charge in [0.2, 0.25) is 11.8 Å². The summed E-state index contributed by atoms with van der Waals surface area (Å²) in [5.41, 5.74) is 3.61. The molecule has 1 aliphatic heterocycles. The fourth-order valence-corrected chi connectivity index (χ4v) is 7.43. The SMILES string of the molecule is CCC(C)NC(=O)C(Cc1ccccc1)N(Cc1ccccc1C)C(=O)CCCN1c2cccc3cccc(c23)S1(=O)=O. The van der Waals surface area contributed by atoms with E-state index in [9.17, 15) is 18.0 Å². The van der Waals surface area contributed by atoms with Crippen molar-refractivity contribution in [1.29, 1.82) is 0 Å². The average molecular weight is 598 g/mol. The summed E-state index contributed by atoms with van der Waals surface area (Å²) < 4.78 is 28.3. The lowest BCUT2D eigenvalue weighted by molar-refractivity contribution is -0.141. The maximum absolute atomic E-state index is 14.1. The van der Waals surface area contributed by atoms with Gasteiger partial charge in [0, 0.05) is 37.4 Å². The molecule has 4 aromatic carbocycles. The minimum atomic E-state index is -3.71. The summed E-state index contributed by atoms with van der Waals surface area (Å²) in [4.78, 5) is 29.8. The molecule has 0 radical (unpaired) electrons. The molecule has 0 bridgehead atoms. The van der Waals surface area contributed by atoms with E-state index in [1.165, 1.54) is 4.31 Å². The van der Waals surface area contributed by atoms with E-state index in [0.717, 1.165) is 33.9 Å². The molecule has 0 fully saturated rings. The molecule has 224 valence electrons. The van der Waals surface area contributed by atoms with Gasteiger partial charge in [-0.3, -0.25) is 13.9 Å². The highest BCUT2D eigenvalue weighted by Crippen LogP contribution is 2.42. The lowest BCUT2D eigenvalue weighted by atomic mass is 10.0. The van der Waals surface area contributed by atoms with Gasteiger partial charge in [0.25, 0.3) is 10.0 Å². The van der Waals surface area contributed by atoms with Gasteiger partial charge in [-0.05, 0) is 60.9 Å². The summed E-state index contributed by atoms with van der Waals surface area (Å²) in [6.45, 7) is 6.42. The number of hydrogen-bond donors (Lipinski definition) is 1. The van der Waals surface area contributed by atoms with Gasteiger partial charge in [-0.2, -0.15) is 0 Å². The maximum atomic E-state index is 14.1. The molecule has 0 saturated heterocycles. The van der Waals surface area contributed by atoms with Crippen molar-refractivity contribution in [3.8, 4) is 0 Å². The van der Waals surface area contributed by atoms with Crippen LogP contribution in [0.15, 0.2) is 95.9 Å². The molecule has 0 aliphatic carbocycles. The van der Waals surface area contributed by atoms with Crippen molar-refractivity contribution in [2.45, 2.75) is 70.0 Å². The van der Waals surface area contributed by atoms with Gasteiger partial charge >= 0.3 is 0 Å². The fourth-order valence-electron chi connectivity index (χ4n) is 5.68. The second kappa shape index (κ2) is 13.0. The van der Waals surface area contributed by atoms with Gasteiger partial charge in [0.1, 0.15) is 6.04 Å². The first-order valence-corrected chi connectivity index (χ1v) is 16.4. The zero-order valence-electron chi connectivity index (χ0n) is 25.0.